The Labute approximate surface area is 250 Å². The number of carbonyl (C=O) groups is 2. The number of nitrogens with zero attached hydrogens (tertiary/aromatic N) is 1. The summed E-state index contributed by atoms with van der Waals surface area (Å²) in [6, 6.07) is 18.4. The Balaban J connectivity index is 1.72. The van der Waals surface area contributed by atoms with Gasteiger partial charge < -0.3 is 14.6 Å². The summed E-state index contributed by atoms with van der Waals surface area (Å²) in [6.45, 7) is 1.48. The Bertz CT molecular complexity index is 1430. The first kappa shape index (κ1) is 33.0. The predicted octanol–water partition coefficient (Wildman–Crippen LogP) is 7.45. The Kier molecular flexibility index (Phi) is 9.46. The molecule has 1 aliphatic rings. The average molecular weight is 624 g/mol. The van der Waals surface area contributed by atoms with Crippen molar-refractivity contribution in [3.05, 3.63) is 107 Å². The molecule has 0 spiro atoms. The van der Waals surface area contributed by atoms with Crippen LogP contribution in [0.25, 0.3) is 0 Å². The summed E-state index contributed by atoms with van der Waals surface area (Å²) in [7, 11) is 0. The van der Waals surface area contributed by atoms with Gasteiger partial charge in [0.1, 0.15) is 12.2 Å². The SMILES string of the molecule is CC(=O)C1(O)CC[C@@](COC(C)c2cc(C(F)(F)F)cc(C(F)(F)F)c2)(c2ccccc2)N(C(=O)OCc2ccccc2)C1. The molecule has 1 heterocycles. The lowest BCUT2D eigenvalue weighted by Crippen LogP contribution is -2.64. The summed E-state index contributed by atoms with van der Waals surface area (Å²) in [4.78, 5) is 27.3. The summed E-state index contributed by atoms with van der Waals surface area (Å²) in [5, 5.41) is 11.1. The minimum Gasteiger partial charge on any atom is -0.445 e. The summed E-state index contributed by atoms with van der Waals surface area (Å²) in [5.74, 6) is -0.585. The molecule has 3 aromatic carbocycles. The standard InChI is InChI=1S/C32H31F6NO5/c1-21(24-15-26(31(33,34)35)17-27(16-24)32(36,37)38)44-20-29(25-11-7-4-8-12-25)13-14-30(42,22(2)40)19-39(29)28(41)43-18-23-9-5-3-6-10-23/h3-12,15-17,21,42H,13-14,18-20H2,1-2H3/t21?,29-,30?/m1/s1. The second-order valence-electron chi connectivity index (χ2n) is 10.9. The number of β-amino-alcohol motifs (C(OH)–C–C–N with tert-alkyl or cyclic N) is 1. The van der Waals surface area contributed by atoms with Gasteiger partial charge in [0.15, 0.2) is 5.78 Å². The molecule has 1 N–H and O–H groups in total. The van der Waals surface area contributed by atoms with Crippen molar-refractivity contribution in [2.75, 3.05) is 13.2 Å². The summed E-state index contributed by atoms with van der Waals surface area (Å²) >= 11 is 0. The molecule has 3 atom stereocenters. The van der Waals surface area contributed by atoms with Gasteiger partial charge in [-0.25, -0.2) is 4.79 Å². The highest BCUT2D eigenvalue weighted by molar-refractivity contribution is 5.86. The minimum absolute atomic E-state index is 0.0311. The quantitative estimate of drug-likeness (QED) is 0.264. The lowest BCUT2D eigenvalue weighted by atomic mass is 9.75. The van der Waals surface area contributed by atoms with E-state index in [-0.39, 0.29) is 31.1 Å². The van der Waals surface area contributed by atoms with Crippen LogP contribution < -0.4 is 0 Å². The van der Waals surface area contributed by atoms with Gasteiger partial charge in [-0.3, -0.25) is 9.69 Å². The summed E-state index contributed by atoms with van der Waals surface area (Å²) < 4.78 is 92.6. The number of rotatable bonds is 8. The van der Waals surface area contributed by atoms with E-state index in [0.29, 0.717) is 23.3 Å². The smallest absolute Gasteiger partial charge is 0.416 e. The number of aliphatic hydroxyl groups is 1. The molecule has 0 radical (unpaired) electrons. The first-order chi connectivity index (χ1) is 20.5. The third kappa shape index (κ3) is 7.24. The number of piperidine rings is 1. The monoisotopic (exact) mass is 623 g/mol. The Morgan fingerprint density at radius 2 is 1.43 bits per heavy atom. The molecule has 1 amide bonds. The third-order valence-electron chi connectivity index (χ3n) is 7.93. The molecular weight excluding hydrogens is 592 g/mol. The Morgan fingerprint density at radius 3 is 1.95 bits per heavy atom. The molecule has 3 aromatic rings. The van der Waals surface area contributed by atoms with Crippen LogP contribution in [0.4, 0.5) is 31.1 Å². The zero-order valence-electron chi connectivity index (χ0n) is 23.9. The van der Waals surface area contributed by atoms with Crippen LogP contribution in [0, 0.1) is 0 Å². The van der Waals surface area contributed by atoms with Crippen molar-refractivity contribution in [1.82, 2.24) is 4.90 Å². The molecule has 236 valence electrons. The van der Waals surface area contributed by atoms with Crippen molar-refractivity contribution in [3.8, 4) is 0 Å². The van der Waals surface area contributed by atoms with Gasteiger partial charge >= 0.3 is 18.4 Å². The van der Waals surface area contributed by atoms with E-state index in [0.717, 1.165) is 4.90 Å². The van der Waals surface area contributed by atoms with E-state index in [1.165, 1.54) is 13.8 Å². The molecule has 1 fully saturated rings. The minimum atomic E-state index is -5.04. The average Bonchev–Trinajstić information content (AvgIpc) is 2.99. The van der Waals surface area contributed by atoms with Gasteiger partial charge in [0.05, 0.1) is 35.9 Å². The topological polar surface area (TPSA) is 76.1 Å². The lowest BCUT2D eigenvalue weighted by Gasteiger charge is -2.51. The molecule has 0 aromatic heterocycles. The van der Waals surface area contributed by atoms with Crippen LogP contribution in [-0.2, 0) is 38.8 Å². The largest absolute Gasteiger partial charge is 0.445 e. The van der Waals surface area contributed by atoms with Crippen LogP contribution in [-0.4, -0.2) is 40.6 Å². The number of benzene rings is 3. The maximum Gasteiger partial charge on any atom is 0.416 e. The highest BCUT2D eigenvalue weighted by Crippen LogP contribution is 2.44. The third-order valence-corrected chi connectivity index (χ3v) is 7.93. The van der Waals surface area contributed by atoms with E-state index in [1.807, 2.05) is 0 Å². The first-order valence-corrected chi connectivity index (χ1v) is 13.7. The molecule has 1 saturated heterocycles. The number of hydrogen-bond donors (Lipinski definition) is 1. The molecule has 0 bridgehead atoms. The van der Waals surface area contributed by atoms with E-state index in [4.69, 9.17) is 9.47 Å². The number of ketones is 1. The van der Waals surface area contributed by atoms with E-state index < -0.39 is 65.8 Å². The fourth-order valence-corrected chi connectivity index (χ4v) is 5.22. The van der Waals surface area contributed by atoms with Gasteiger partial charge in [-0.1, -0.05) is 60.7 Å². The van der Waals surface area contributed by atoms with Crippen LogP contribution >= 0.6 is 0 Å². The van der Waals surface area contributed by atoms with Crippen LogP contribution in [0.2, 0.25) is 0 Å². The highest BCUT2D eigenvalue weighted by Gasteiger charge is 2.53. The number of halogens is 6. The van der Waals surface area contributed by atoms with Crippen LogP contribution in [0.1, 0.15) is 60.6 Å². The van der Waals surface area contributed by atoms with Crippen LogP contribution in [0.5, 0.6) is 0 Å². The number of carbonyl (C=O) groups excluding carboxylic acids is 2. The van der Waals surface area contributed by atoms with Gasteiger partial charge in [-0.2, -0.15) is 26.3 Å². The molecule has 2 unspecified atom stereocenters. The lowest BCUT2D eigenvalue weighted by molar-refractivity contribution is -0.152. The van der Waals surface area contributed by atoms with Gasteiger partial charge in [0, 0.05) is 0 Å². The normalized spacial score (nSPS) is 21.5. The van der Waals surface area contributed by atoms with Crippen molar-refractivity contribution < 1.29 is 50.5 Å². The highest BCUT2D eigenvalue weighted by atomic mass is 19.4. The Morgan fingerprint density at radius 1 is 0.886 bits per heavy atom. The fourth-order valence-electron chi connectivity index (χ4n) is 5.22. The maximum atomic E-state index is 13.7. The van der Waals surface area contributed by atoms with Crippen molar-refractivity contribution in [3.63, 3.8) is 0 Å². The van der Waals surface area contributed by atoms with Crippen molar-refractivity contribution in [1.29, 1.82) is 0 Å². The molecule has 44 heavy (non-hydrogen) atoms. The number of ether oxygens (including phenoxy) is 2. The Hall–Kier alpha value is -3.90. The van der Waals surface area contributed by atoms with Gasteiger partial charge in [-0.05, 0) is 61.6 Å². The molecule has 4 rings (SSSR count). The fraction of sp³-hybridized carbons (Fsp3) is 0.375. The molecular formula is C32H31F6NO5. The van der Waals surface area contributed by atoms with E-state index in [2.05, 4.69) is 0 Å². The number of Topliss-reactive ketones (excluding diaryl/α,β-unsaturated/α-hetero) is 1. The first-order valence-electron chi connectivity index (χ1n) is 13.7. The van der Waals surface area contributed by atoms with Crippen LogP contribution in [0.15, 0.2) is 78.9 Å². The molecule has 12 heteroatoms. The van der Waals surface area contributed by atoms with E-state index in [1.54, 1.807) is 60.7 Å². The van der Waals surface area contributed by atoms with Crippen LogP contribution in [0.3, 0.4) is 0 Å². The summed E-state index contributed by atoms with van der Waals surface area (Å²) in [6.07, 6.45) is -12.4. The van der Waals surface area contributed by atoms with Gasteiger partial charge in [0.2, 0.25) is 0 Å². The number of alkyl halides is 6. The second-order valence-corrected chi connectivity index (χ2v) is 10.9. The van der Waals surface area contributed by atoms with Crippen molar-refractivity contribution in [2.45, 2.75) is 62.9 Å². The molecule has 6 nitrogen and oxygen atoms in total. The predicted molar refractivity (Wildman–Crippen MR) is 147 cm³/mol. The number of hydrogen-bond acceptors (Lipinski definition) is 5. The number of likely N-dealkylation sites (tertiary alicyclic amines) is 1. The van der Waals surface area contributed by atoms with Gasteiger partial charge in [-0.15, -0.1) is 0 Å². The number of amides is 1. The van der Waals surface area contributed by atoms with E-state index in [9.17, 15) is 41.0 Å². The van der Waals surface area contributed by atoms with Gasteiger partial charge in [0.25, 0.3) is 0 Å². The maximum absolute atomic E-state index is 13.7. The van der Waals surface area contributed by atoms with Crippen molar-refractivity contribution in [2.24, 2.45) is 0 Å². The molecule has 0 aliphatic carbocycles. The zero-order valence-corrected chi connectivity index (χ0v) is 23.9. The van der Waals surface area contributed by atoms with E-state index >= 15 is 0 Å². The summed E-state index contributed by atoms with van der Waals surface area (Å²) in [5.41, 5.74) is -5.48. The molecule has 1 aliphatic heterocycles. The van der Waals surface area contributed by atoms with Crippen molar-refractivity contribution >= 4 is 11.9 Å². The second kappa shape index (κ2) is 12.6. The molecule has 0 saturated carbocycles. The zero-order chi connectivity index (χ0) is 32.3.